The maximum absolute atomic E-state index is 13.9. The maximum atomic E-state index is 13.9. The predicted molar refractivity (Wildman–Crippen MR) is 174 cm³/mol. The molecule has 5 rings (SSSR count). The Balaban J connectivity index is 1.45. The van der Waals surface area contributed by atoms with Crippen molar-refractivity contribution >= 4 is 6.09 Å². The first kappa shape index (κ1) is 31.3. The summed E-state index contributed by atoms with van der Waals surface area (Å²) in [6.07, 6.45) is -0.327. The monoisotopic (exact) mass is 592 g/mol. The molecular weight excluding hydrogens is 548 g/mol. The molecule has 44 heavy (non-hydrogen) atoms. The van der Waals surface area contributed by atoms with Gasteiger partial charge in [0.1, 0.15) is 12.4 Å². The number of amides is 1. The normalized spacial score (nSPS) is 19.7. The Morgan fingerprint density at radius 3 is 2.07 bits per heavy atom. The van der Waals surface area contributed by atoms with E-state index in [1.54, 1.807) is 7.11 Å². The van der Waals surface area contributed by atoms with Crippen LogP contribution >= 0.6 is 0 Å². The average Bonchev–Trinajstić information content (AvgIpc) is 3.34. The lowest BCUT2D eigenvalue weighted by molar-refractivity contribution is 0.0586. The van der Waals surface area contributed by atoms with Gasteiger partial charge in [0.2, 0.25) is 0 Å². The number of nitrogens with zero attached hydrogens (tertiary/aromatic N) is 1. The molecule has 1 saturated heterocycles. The highest BCUT2D eigenvalue weighted by atomic mass is 16.6. The Morgan fingerprint density at radius 2 is 1.45 bits per heavy atom. The molecule has 0 spiro atoms. The largest absolute Gasteiger partial charge is 0.496 e. The molecule has 4 atom stereocenters. The van der Waals surface area contributed by atoms with Crippen LogP contribution in [-0.4, -0.2) is 36.8 Å². The third-order valence-electron chi connectivity index (χ3n) is 8.64. The van der Waals surface area contributed by atoms with Gasteiger partial charge in [-0.05, 0) is 41.2 Å². The number of nitrogens with one attached hydrogen (secondary N) is 1. The van der Waals surface area contributed by atoms with E-state index in [0.717, 1.165) is 28.0 Å². The zero-order valence-corrected chi connectivity index (χ0v) is 26.2. The zero-order valence-electron chi connectivity index (χ0n) is 26.2. The summed E-state index contributed by atoms with van der Waals surface area (Å²) in [5, 5.41) is 3.87. The van der Waals surface area contributed by atoms with E-state index in [9.17, 15) is 4.79 Å². The van der Waals surface area contributed by atoms with Gasteiger partial charge >= 0.3 is 6.09 Å². The number of hydrogen-bond donors (Lipinski definition) is 1. The van der Waals surface area contributed by atoms with E-state index in [0.29, 0.717) is 25.7 Å². The molecule has 4 aromatic carbocycles. The smallest absolute Gasteiger partial charge is 0.410 e. The lowest BCUT2D eigenvalue weighted by atomic mass is 9.91. The summed E-state index contributed by atoms with van der Waals surface area (Å²) in [6, 6.07) is 36.2. The topological polar surface area (TPSA) is 60.0 Å². The van der Waals surface area contributed by atoms with E-state index in [-0.39, 0.29) is 36.7 Å². The quantitative estimate of drug-likeness (QED) is 0.181. The molecule has 230 valence electrons. The number of carbonyl (C=O) groups excluding carboxylic acids is 1. The van der Waals surface area contributed by atoms with Gasteiger partial charge in [-0.3, -0.25) is 4.90 Å². The molecule has 0 aliphatic carbocycles. The van der Waals surface area contributed by atoms with Gasteiger partial charge in [0, 0.05) is 30.1 Å². The van der Waals surface area contributed by atoms with Crippen molar-refractivity contribution in [2.75, 3.05) is 13.7 Å². The van der Waals surface area contributed by atoms with Crippen LogP contribution in [0.4, 0.5) is 4.79 Å². The summed E-state index contributed by atoms with van der Waals surface area (Å²) in [6.45, 7) is 8.31. The molecule has 6 heteroatoms. The number of ether oxygens (including phenoxy) is 3. The highest BCUT2D eigenvalue weighted by molar-refractivity contribution is 5.70. The van der Waals surface area contributed by atoms with Gasteiger partial charge in [-0.15, -0.1) is 0 Å². The predicted octanol–water partition coefficient (Wildman–Crippen LogP) is 7.89. The molecule has 0 unspecified atom stereocenters. The van der Waals surface area contributed by atoms with Gasteiger partial charge in [0.25, 0.3) is 0 Å². The Kier molecular flexibility index (Phi) is 10.7. The van der Waals surface area contributed by atoms with Crippen LogP contribution in [-0.2, 0) is 29.2 Å². The molecule has 0 saturated carbocycles. The van der Waals surface area contributed by atoms with Crippen molar-refractivity contribution in [1.29, 1.82) is 0 Å². The molecule has 4 aromatic rings. The van der Waals surface area contributed by atoms with Crippen molar-refractivity contribution in [2.24, 2.45) is 5.92 Å². The van der Waals surface area contributed by atoms with E-state index >= 15 is 0 Å². The van der Waals surface area contributed by atoms with E-state index in [1.807, 2.05) is 77.7 Å². The second-order valence-electron chi connectivity index (χ2n) is 11.8. The molecule has 0 bridgehead atoms. The molecule has 1 aliphatic heterocycles. The summed E-state index contributed by atoms with van der Waals surface area (Å²) in [5.41, 5.74) is 5.49. The molecular formula is C38H44N2O4. The van der Waals surface area contributed by atoms with E-state index in [1.165, 1.54) is 5.56 Å². The van der Waals surface area contributed by atoms with E-state index in [4.69, 9.17) is 14.2 Å². The van der Waals surface area contributed by atoms with Gasteiger partial charge in [-0.25, -0.2) is 4.79 Å². The molecule has 1 amide bonds. The van der Waals surface area contributed by atoms with Crippen molar-refractivity contribution in [3.05, 3.63) is 137 Å². The minimum Gasteiger partial charge on any atom is -0.496 e. The van der Waals surface area contributed by atoms with Gasteiger partial charge < -0.3 is 19.5 Å². The minimum atomic E-state index is -0.327. The molecule has 1 heterocycles. The molecule has 1 aliphatic rings. The Morgan fingerprint density at radius 1 is 0.841 bits per heavy atom. The van der Waals surface area contributed by atoms with Crippen LogP contribution in [0.1, 0.15) is 60.5 Å². The SMILES string of the molecule is COc1ccc(C(C)C)cc1CN[C@@H]1[C@H](COCc2ccccc2)[C@H](C)N(C(=O)OCc2ccccc2)[C@H]1c1ccccc1. The average molecular weight is 593 g/mol. The fourth-order valence-electron chi connectivity index (χ4n) is 6.18. The second-order valence-corrected chi connectivity index (χ2v) is 11.8. The number of carbonyl (C=O) groups is 1. The highest BCUT2D eigenvalue weighted by Crippen LogP contribution is 2.41. The summed E-state index contributed by atoms with van der Waals surface area (Å²) in [5.74, 6) is 1.25. The Labute approximate surface area is 262 Å². The third-order valence-corrected chi connectivity index (χ3v) is 8.64. The fraction of sp³-hybridized carbons (Fsp3) is 0.342. The van der Waals surface area contributed by atoms with Crippen LogP contribution in [0.25, 0.3) is 0 Å². The maximum Gasteiger partial charge on any atom is 0.410 e. The first-order valence-corrected chi connectivity index (χ1v) is 15.5. The lowest BCUT2D eigenvalue weighted by Crippen LogP contribution is -2.41. The molecule has 1 fully saturated rings. The van der Waals surface area contributed by atoms with Gasteiger partial charge in [0.15, 0.2) is 0 Å². The van der Waals surface area contributed by atoms with Crippen LogP contribution in [0.5, 0.6) is 5.75 Å². The molecule has 0 radical (unpaired) electrons. The van der Waals surface area contributed by atoms with Gasteiger partial charge in [0.05, 0.1) is 26.4 Å². The summed E-state index contributed by atoms with van der Waals surface area (Å²) >= 11 is 0. The standard InChI is InChI=1S/C38H44N2O4/c1-27(2)32-20-21-35(42-4)33(22-32)23-39-36-34(26-43-24-29-14-8-5-9-15-29)28(3)40(37(36)31-18-12-7-13-19-31)38(41)44-25-30-16-10-6-11-17-30/h5-22,27-28,34,36-37,39H,23-26H2,1-4H3/t28-,34+,36+,37-/m0/s1. The highest BCUT2D eigenvalue weighted by Gasteiger charge is 2.50. The number of hydrogen-bond acceptors (Lipinski definition) is 5. The summed E-state index contributed by atoms with van der Waals surface area (Å²) < 4.78 is 18.0. The summed E-state index contributed by atoms with van der Waals surface area (Å²) in [4.78, 5) is 15.8. The van der Waals surface area contributed by atoms with Crippen LogP contribution in [0, 0.1) is 5.92 Å². The van der Waals surface area contributed by atoms with Crippen molar-refractivity contribution < 1.29 is 19.0 Å². The zero-order chi connectivity index (χ0) is 30.9. The van der Waals surface area contributed by atoms with Crippen LogP contribution < -0.4 is 10.1 Å². The van der Waals surface area contributed by atoms with Crippen molar-refractivity contribution in [3.8, 4) is 5.75 Å². The number of methoxy groups -OCH3 is 1. The number of benzene rings is 4. The molecule has 6 nitrogen and oxygen atoms in total. The van der Waals surface area contributed by atoms with E-state index < -0.39 is 0 Å². The minimum absolute atomic E-state index is 0.00692. The number of rotatable bonds is 12. The first-order chi connectivity index (χ1) is 21.5. The van der Waals surface area contributed by atoms with Crippen molar-refractivity contribution in [2.45, 2.75) is 64.6 Å². The Hall–Kier alpha value is -4.13. The molecule has 1 N–H and O–H groups in total. The second kappa shape index (κ2) is 15.0. The Bertz CT molecular complexity index is 1460. The van der Waals surface area contributed by atoms with Crippen molar-refractivity contribution in [1.82, 2.24) is 10.2 Å². The van der Waals surface area contributed by atoms with Crippen LogP contribution in [0.3, 0.4) is 0 Å². The van der Waals surface area contributed by atoms with Gasteiger partial charge in [-0.1, -0.05) is 117 Å². The van der Waals surface area contributed by atoms with Crippen LogP contribution in [0.15, 0.2) is 109 Å². The van der Waals surface area contributed by atoms with Crippen molar-refractivity contribution in [3.63, 3.8) is 0 Å². The third kappa shape index (κ3) is 7.50. The summed E-state index contributed by atoms with van der Waals surface area (Å²) in [7, 11) is 1.71. The number of likely N-dealkylation sites (tertiary alicyclic amines) is 1. The fourth-order valence-corrected chi connectivity index (χ4v) is 6.18. The molecule has 0 aromatic heterocycles. The van der Waals surface area contributed by atoms with Gasteiger partial charge in [-0.2, -0.15) is 0 Å². The first-order valence-electron chi connectivity index (χ1n) is 15.5. The van der Waals surface area contributed by atoms with Crippen LogP contribution in [0.2, 0.25) is 0 Å². The lowest BCUT2D eigenvalue weighted by Gasteiger charge is -2.30. The van der Waals surface area contributed by atoms with E-state index in [2.05, 4.69) is 62.5 Å².